The Morgan fingerprint density at radius 1 is 0.360 bits per heavy atom. The Morgan fingerprint density at radius 2 is 0.900 bits per heavy atom. The lowest BCUT2D eigenvalue weighted by atomic mass is 9.83. The summed E-state index contributed by atoms with van der Waals surface area (Å²) in [5.41, 5.74) is 9.81. The molecule has 0 bridgehead atoms. The first-order valence-electron chi connectivity index (χ1n) is 17.4. The lowest BCUT2D eigenvalue weighted by Gasteiger charge is -2.24. The number of fused-ring (bicyclic) bond motifs is 5. The highest BCUT2D eigenvalue weighted by Crippen LogP contribution is 2.50. The summed E-state index contributed by atoms with van der Waals surface area (Å²) in [7, 11) is -0.620. The molecule has 0 saturated carbocycles. The summed E-state index contributed by atoms with van der Waals surface area (Å²) in [6.45, 7) is 4.72. The van der Waals surface area contributed by atoms with Gasteiger partial charge in [0, 0.05) is 10.9 Å². The number of hydrogen-bond acceptors (Lipinski definition) is 1. The number of rotatable bonds is 4. The molecule has 1 radical (unpaired) electrons. The van der Waals surface area contributed by atoms with Crippen molar-refractivity contribution in [3.05, 3.63) is 164 Å². The van der Waals surface area contributed by atoms with Gasteiger partial charge < -0.3 is 4.74 Å². The van der Waals surface area contributed by atoms with Crippen LogP contribution in [0.4, 0.5) is 0 Å². The summed E-state index contributed by atoms with van der Waals surface area (Å²) >= 11 is 0. The molecule has 0 aliphatic carbocycles. The Labute approximate surface area is 293 Å². The molecule has 0 N–H and O–H groups in total. The van der Waals surface area contributed by atoms with Gasteiger partial charge in [0.1, 0.15) is 11.5 Å². The molecule has 1 aliphatic rings. The molecule has 9 aromatic rings. The third-order valence-corrected chi connectivity index (χ3v) is 12.0. The monoisotopic (exact) mass is 653 g/mol. The zero-order valence-corrected chi connectivity index (χ0v) is 29.0. The molecule has 0 fully saturated rings. The van der Waals surface area contributed by atoms with Crippen LogP contribution in [0.3, 0.4) is 0 Å². The molecule has 10 rings (SSSR count). The highest BCUT2D eigenvalue weighted by atomic mass is 28.3. The van der Waals surface area contributed by atoms with Crippen molar-refractivity contribution in [2.45, 2.75) is 13.1 Å². The van der Waals surface area contributed by atoms with E-state index in [4.69, 9.17) is 4.74 Å². The molecule has 1 aliphatic heterocycles. The molecule has 9 aromatic carbocycles. The van der Waals surface area contributed by atoms with Crippen LogP contribution in [0.5, 0.6) is 11.5 Å². The molecule has 0 aromatic heterocycles. The number of hydrogen-bond donors (Lipinski definition) is 0. The van der Waals surface area contributed by atoms with Gasteiger partial charge in [0.05, 0.1) is 8.80 Å². The Bertz CT molecular complexity index is 2760. The van der Waals surface area contributed by atoms with E-state index >= 15 is 0 Å². The summed E-state index contributed by atoms with van der Waals surface area (Å²) in [4.78, 5) is 0. The molecule has 1 nitrogen and oxygen atoms in total. The van der Waals surface area contributed by atoms with E-state index in [1.807, 2.05) is 0 Å². The second kappa shape index (κ2) is 11.3. The van der Waals surface area contributed by atoms with Crippen molar-refractivity contribution < 1.29 is 4.74 Å². The second-order valence-electron chi connectivity index (χ2n) is 13.6. The van der Waals surface area contributed by atoms with Crippen molar-refractivity contribution in [3.8, 4) is 56.0 Å². The van der Waals surface area contributed by atoms with Crippen LogP contribution in [0.1, 0.15) is 0 Å². The van der Waals surface area contributed by atoms with E-state index in [-0.39, 0.29) is 0 Å². The lowest BCUT2D eigenvalue weighted by molar-refractivity contribution is 0.487. The van der Waals surface area contributed by atoms with Crippen molar-refractivity contribution in [2.24, 2.45) is 0 Å². The first-order chi connectivity index (χ1) is 24.7. The summed E-state index contributed by atoms with van der Waals surface area (Å²) in [6.07, 6.45) is 0. The van der Waals surface area contributed by atoms with E-state index in [2.05, 4.69) is 177 Å². The molecule has 0 amide bonds. The summed E-state index contributed by atoms with van der Waals surface area (Å²) < 4.78 is 6.77. The normalized spacial score (nSPS) is 12.1. The SMILES string of the molecule is C[Si](C)c1ccc2c3c(cccc13)Oc1cc(-c3c4ccccc4c(-c4ccc(-c5ccccc5)c5ccccc45)c4ccccc34)ccc1-2. The van der Waals surface area contributed by atoms with Gasteiger partial charge in [0.25, 0.3) is 0 Å². The van der Waals surface area contributed by atoms with Crippen LogP contribution in [0.15, 0.2) is 164 Å². The Kier molecular flexibility index (Phi) is 6.55. The standard InChI is InChI=1S/C48H33OSi/c1-50(2)45-28-27-41-35-24-23-31(29-44(35)49-43-22-12-21-42(45)48(41)43)46-36-17-8-10-19-38(36)47(39-20-11-9-18-37(39)46)40-26-25-32(30-13-4-3-5-14-30)33-15-6-7-16-34(33)40/h3-29H,1-2H3. The van der Waals surface area contributed by atoms with Crippen LogP contribution in [0.2, 0.25) is 13.1 Å². The molecule has 235 valence electrons. The minimum atomic E-state index is -0.620. The summed E-state index contributed by atoms with van der Waals surface area (Å²) in [6, 6.07) is 60.0. The molecule has 0 atom stereocenters. The van der Waals surface area contributed by atoms with E-state index < -0.39 is 8.80 Å². The van der Waals surface area contributed by atoms with Crippen LogP contribution in [-0.4, -0.2) is 8.80 Å². The number of ether oxygens (including phenoxy) is 1. The first-order valence-corrected chi connectivity index (χ1v) is 19.9. The van der Waals surface area contributed by atoms with Crippen LogP contribution >= 0.6 is 0 Å². The molecule has 1 heterocycles. The number of benzene rings is 9. The molecule has 50 heavy (non-hydrogen) atoms. The maximum Gasteiger partial charge on any atom is 0.135 e. The van der Waals surface area contributed by atoms with Crippen LogP contribution in [0, 0.1) is 0 Å². The zero-order valence-electron chi connectivity index (χ0n) is 28.0. The zero-order chi connectivity index (χ0) is 33.3. The maximum atomic E-state index is 6.77. The Balaban J connectivity index is 1.21. The van der Waals surface area contributed by atoms with E-state index in [0.717, 1.165) is 22.6 Å². The van der Waals surface area contributed by atoms with Crippen LogP contribution in [-0.2, 0) is 0 Å². The van der Waals surface area contributed by atoms with E-state index in [1.165, 1.54) is 81.7 Å². The average molecular weight is 654 g/mol. The highest BCUT2D eigenvalue weighted by molar-refractivity contribution is 6.73. The Hall–Kier alpha value is -5.96. The molecule has 0 saturated heterocycles. The third-order valence-electron chi connectivity index (χ3n) is 10.5. The van der Waals surface area contributed by atoms with Gasteiger partial charge in [-0.1, -0.05) is 164 Å². The molecule has 0 unspecified atom stereocenters. The quantitative estimate of drug-likeness (QED) is 0.136. The van der Waals surface area contributed by atoms with Crippen molar-refractivity contribution in [1.82, 2.24) is 0 Å². The predicted octanol–water partition coefficient (Wildman–Crippen LogP) is 13.0. The van der Waals surface area contributed by atoms with Gasteiger partial charge in [-0.3, -0.25) is 0 Å². The van der Waals surface area contributed by atoms with E-state index in [1.54, 1.807) is 0 Å². The van der Waals surface area contributed by atoms with Crippen molar-refractivity contribution in [2.75, 3.05) is 0 Å². The fraction of sp³-hybridized carbons (Fsp3) is 0.0417. The van der Waals surface area contributed by atoms with E-state index in [0.29, 0.717) is 0 Å². The highest BCUT2D eigenvalue weighted by Gasteiger charge is 2.24. The van der Waals surface area contributed by atoms with Crippen molar-refractivity contribution >= 4 is 57.1 Å². The summed E-state index contributed by atoms with van der Waals surface area (Å²) in [5, 5.41) is 11.5. The fourth-order valence-corrected chi connectivity index (χ4v) is 9.50. The van der Waals surface area contributed by atoms with Crippen LogP contribution in [0.25, 0.3) is 87.6 Å². The van der Waals surface area contributed by atoms with E-state index in [9.17, 15) is 0 Å². The van der Waals surface area contributed by atoms with Gasteiger partial charge in [-0.05, 0) is 94.8 Å². The molecule has 0 spiro atoms. The van der Waals surface area contributed by atoms with Crippen molar-refractivity contribution in [3.63, 3.8) is 0 Å². The topological polar surface area (TPSA) is 9.23 Å². The largest absolute Gasteiger partial charge is 0.456 e. The fourth-order valence-electron chi connectivity index (χ4n) is 8.34. The van der Waals surface area contributed by atoms with Gasteiger partial charge in [0.15, 0.2) is 0 Å². The minimum absolute atomic E-state index is 0.620. The van der Waals surface area contributed by atoms with Crippen molar-refractivity contribution in [1.29, 1.82) is 0 Å². The van der Waals surface area contributed by atoms with Gasteiger partial charge in [-0.2, -0.15) is 0 Å². The second-order valence-corrected chi connectivity index (χ2v) is 16.1. The molecular weight excluding hydrogens is 621 g/mol. The third kappa shape index (κ3) is 4.32. The Morgan fingerprint density at radius 3 is 1.58 bits per heavy atom. The lowest BCUT2D eigenvalue weighted by Crippen LogP contribution is -2.23. The first kappa shape index (κ1) is 29.0. The maximum absolute atomic E-state index is 6.77. The predicted molar refractivity (Wildman–Crippen MR) is 215 cm³/mol. The van der Waals surface area contributed by atoms with Gasteiger partial charge in [-0.15, -0.1) is 0 Å². The molecule has 2 heteroatoms. The van der Waals surface area contributed by atoms with Gasteiger partial charge >= 0.3 is 0 Å². The smallest absolute Gasteiger partial charge is 0.135 e. The van der Waals surface area contributed by atoms with Gasteiger partial charge in [0.2, 0.25) is 0 Å². The minimum Gasteiger partial charge on any atom is -0.456 e. The average Bonchev–Trinajstić information content (AvgIpc) is 3.17. The van der Waals surface area contributed by atoms with Gasteiger partial charge in [-0.25, -0.2) is 0 Å². The van der Waals surface area contributed by atoms with Crippen LogP contribution < -0.4 is 9.92 Å². The summed E-state index contributed by atoms with van der Waals surface area (Å²) in [5.74, 6) is 1.86. The molecular formula is C48H33OSi.